The second-order valence-corrected chi connectivity index (χ2v) is 9.00. The molecule has 3 heterocycles. The van der Waals surface area contributed by atoms with Gasteiger partial charge in [-0.3, -0.25) is 19.4 Å². The van der Waals surface area contributed by atoms with Crippen LogP contribution in [0.25, 0.3) is 16.7 Å². The predicted molar refractivity (Wildman–Crippen MR) is 143 cm³/mol. The van der Waals surface area contributed by atoms with Crippen molar-refractivity contribution < 1.29 is 14.3 Å². The van der Waals surface area contributed by atoms with Crippen LogP contribution in [0, 0.1) is 12.3 Å². The molecule has 1 aromatic carbocycles. The van der Waals surface area contributed by atoms with Gasteiger partial charge in [-0.15, -0.1) is 0 Å². The van der Waals surface area contributed by atoms with Crippen LogP contribution >= 0.6 is 0 Å². The third kappa shape index (κ3) is 5.21. The van der Waals surface area contributed by atoms with E-state index in [4.69, 9.17) is 19.9 Å². The number of methoxy groups -OCH3 is 2. The zero-order valence-corrected chi connectivity index (χ0v) is 21.8. The van der Waals surface area contributed by atoms with E-state index in [0.717, 1.165) is 30.4 Å². The minimum Gasteiger partial charge on any atom is -0.493 e. The van der Waals surface area contributed by atoms with Crippen molar-refractivity contribution in [1.29, 1.82) is 5.41 Å². The van der Waals surface area contributed by atoms with Gasteiger partial charge in [-0.25, -0.2) is 4.98 Å². The van der Waals surface area contributed by atoms with Gasteiger partial charge in [0, 0.05) is 19.3 Å². The molecular formula is C28H33N5O4. The smallest absolute Gasteiger partial charge is 0.267 e. The van der Waals surface area contributed by atoms with Crippen molar-refractivity contribution >= 4 is 22.6 Å². The number of fused-ring (bicyclic) bond motifs is 2. The average Bonchev–Trinajstić information content (AvgIpc) is 2.90. The molecule has 0 bridgehead atoms. The fourth-order valence-corrected chi connectivity index (χ4v) is 4.46. The Bertz CT molecular complexity index is 1570. The van der Waals surface area contributed by atoms with E-state index in [9.17, 15) is 9.59 Å². The van der Waals surface area contributed by atoms with Crippen LogP contribution in [0.2, 0.25) is 0 Å². The van der Waals surface area contributed by atoms with E-state index < -0.39 is 5.91 Å². The SMILES string of the molecule is CCCCCn1c(=N)c(C(=O)NCCc2ccc(OC)c(OC)c2)cc2c(=O)n3cccc(C)c3nc21. The number of aromatic nitrogens is 3. The summed E-state index contributed by atoms with van der Waals surface area (Å²) in [4.78, 5) is 31.4. The molecule has 0 saturated heterocycles. The Hall–Kier alpha value is -4.14. The maximum Gasteiger partial charge on any atom is 0.267 e. The lowest BCUT2D eigenvalue weighted by Crippen LogP contribution is -2.35. The number of benzene rings is 1. The second-order valence-electron chi connectivity index (χ2n) is 9.00. The molecular weight excluding hydrogens is 470 g/mol. The van der Waals surface area contributed by atoms with Gasteiger partial charge in [0.05, 0.1) is 25.2 Å². The van der Waals surface area contributed by atoms with E-state index >= 15 is 0 Å². The number of pyridine rings is 2. The third-order valence-corrected chi connectivity index (χ3v) is 6.51. The number of nitrogens with one attached hydrogen (secondary N) is 2. The van der Waals surface area contributed by atoms with Gasteiger partial charge in [0.1, 0.15) is 16.8 Å². The van der Waals surface area contributed by atoms with Crippen LogP contribution in [0.4, 0.5) is 0 Å². The molecule has 37 heavy (non-hydrogen) atoms. The monoisotopic (exact) mass is 503 g/mol. The topological polar surface area (TPSA) is 111 Å². The Balaban J connectivity index is 1.69. The summed E-state index contributed by atoms with van der Waals surface area (Å²) in [5, 5.41) is 12.1. The summed E-state index contributed by atoms with van der Waals surface area (Å²) in [5.74, 6) is 0.865. The fraction of sp³-hybridized carbons (Fsp3) is 0.357. The molecule has 0 unspecified atom stereocenters. The molecule has 194 valence electrons. The maximum atomic E-state index is 13.4. The van der Waals surface area contributed by atoms with Crippen LogP contribution in [-0.4, -0.2) is 40.6 Å². The van der Waals surface area contributed by atoms with Gasteiger partial charge >= 0.3 is 0 Å². The molecule has 0 aliphatic heterocycles. The number of ether oxygens (including phenoxy) is 2. The molecule has 9 heteroatoms. The molecule has 3 aromatic heterocycles. The molecule has 4 aromatic rings. The Morgan fingerprint density at radius 1 is 1.08 bits per heavy atom. The first-order valence-corrected chi connectivity index (χ1v) is 12.5. The van der Waals surface area contributed by atoms with Gasteiger partial charge in [-0.05, 0) is 55.2 Å². The second kappa shape index (κ2) is 11.3. The molecule has 0 fully saturated rings. The number of unbranched alkanes of at least 4 members (excludes halogenated alkanes) is 2. The molecule has 0 saturated carbocycles. The number of hydrogen-bond donors (Lipinski definition) is 2. The Kier molecular flexibility index (Phi) is 7.91. The van der Waals surface area contributed by atoms with Crippen LogP contribution in [0.3, 0.4) is 0 Å². The number of carbonyl (C=O) groups is 1. The van der Waals surface area contributed by atoms with Crippen LogP contribution < -0.4 is 25.8 Å². The summed E-state index contributed by atoms with van der Waals surface area (Å²) in [6, 6.07) is 10.8. The van der Waals surface area contributed by atoms with Crippen LogP contribution in [-0.2, 0) is 13.0 Å². The molecule has 0 atom stereocenters. The molecule has 0 aliphatic rings. The lowest BCUT2D eigenvalue weighted by molar-refractivity contribution is 0.0951. The predicted octanol–water partition coefficient (Wildman–Crippen LogP) is 3.62. The van der Waals surface area contributed by atoms with E-state index in [0.29, 0.717) is 47.7 Å². The number of carbonyl (C=O) groups excluding carboxylic acids is 1. The summed E-state index contributed by atoms with van der Waals surface area (Å²) in [5.41, 5.74) is 2.77. The lowest BCUT2D eigenvalue weighted by Gasteiger charge is -2.15. The van der Waals surface area contributed by atoms with Crippen LogP contribution in [0.1, 0.15) is 47.7 Å². The quantitative estimate of drug-likeness (QED) is 0.254. The Morgan fingerprint density at radius 3 is 2.59 bits per heavy atom. The van der Waals surface area contributed by atoms with Gasteiger partial charge in [0.15, 0.2) is 11.5 Å². The molecule has 0 spiro atoms. The van der Waals surface area contributed by atoms with E-state index in [1.165, 1.54) is 10.5 Å². The molecule has 4 rings (SSSR count). The van der Waals surface area contributed by atoms with Crippen molar-refractivity contribution in [2.24, 2.45) is 0 Å². The van der Waals surface area contributed by atoms with Crippen LogP contribution in [0.15, 0.2) is 47.4 Å². The van der Waals surface area contributed by atoms with Crippen molar-refractivity contribution in [3.63, 3.8) is 0 Å². The molecule has 0 aliphatic carbocycles. The van der Waals surface area contributed by atoms with Gasteiger partial charge in [0.2, 0.25) is 0 Å². The normalized spacial score (nSPS) is 11.1. The fourth-order valence-electron chi connectivity index (χ4n) is 4.46. The van der Waals surface area contributed by atoms with Gasteiger partial charge in [0.25, 0.3) is 11.5 Å². The Labute approximate surface area is 215 Å². The zero-order valence-electron chi connectivity index (χ0n) is 21.8. The highest BCUT2D eigenvalue weighted by molar-refractivity contribution is 5.96. The summed E-state index contributed by atoms with van der Waals surface area (Å²) in [6.07, 6.45) is 5.05. The molecule has 2 N–H and O–H groups in total. The average molecular weight is 504 g/mol. The zero-order chi connectivity index (χ0) is 26.5. The number of hydrogen-bond acceptors (Lipinski definition) is 6. The number of nitrogens with zero attached hydrogens (tertiary/aromatic N) is 3. The van der Waals surface area contributed by atoms with Crippen molar-refractivity contribution in [2.75, 3.05) is 20.8 Å². The van der Waals surface area contributed by atoms with Crippen molar-refractivity contribution in [3.05, 3.63) is 75.1 Å². The molecule has 9 nitrogen and oxygen atoms in total. The number of rotatable bonds is 10. The summed E-state index contributed by atoms with van der Waals surface area (Å²) >= 11 is 0. The molecule has 0 radical (unpaired) electrons. The largest absolute Gasteiger partial charge is 0.493 e. The van der Waals surface area contributed by atoms with Gasteiger partial charge in [-0.2, -0.15) is 0 Å². The van der Waals surface area contributed by atoms with E-state index in [-0.39, 0.29) is 16.6 Å². The first-order valence-electron chi connectivity index (χ1n) is 12.5. The van der Waals surface area contributed by atoms with Gasteiger partial charge < -0.3 is 19.4 Å². The minimum atomic E-state index is -0.398. The summed E-state index contributed by atoms with van der Waals surface area (Å²) in [7, 11) is 3.16. The first-order chi connectivity index (χ1) is 17.9. The molecule has 1 amide bonds. The number of amides is 1. The Morgan fingerprint density at radius 2 is 1.86 bits per heavy atom. The van der Waals surface area contributed by atoms with Crippen molar-refractivity contribution in [1.82, 2.24) is 19.3 Å². The number of aryl methyl sites for hydroxylation is 2. The summed E-state index contributed by atoms with van der Waals surface area (Å²) < 4.78 is 13.8. The van der Waals surface area contributed by atoms with E-state index in [2.05, 4.69) is 12.2 Å². The van der Waals surface area contributed by atoms with Crippen molar-refractivity contribution in [3.8, 4) is 11.5 Å². The van der Waals surface area contributed by atoms with Crippen LogP contribution in [0.5, 0.6) is 11.5 Å². The minimum absolute atomic E-state index is 0.0528. The standard InChI is InChI=1S/C28H33N5O4/c1-5-6-7-14-32-24(29)20(17-21-26(32)31-25-18(2)9-8-15-33(25)28(21)35)27(34)30-13-12-19-10-11-22(36-3)23(16-19)37-4/h8-11,15-17,29H,5-7,12-14H2,1-4H3,(H,30,34). The highest BCUT2D eigenvalue weighted by Crippen LogP contribution is 2.27. The first kappa shape index (κ1) is 25.9. The van der Waals surface area contributed by atoms with E-state index in [1.54, 1.807) is 31.0 Å². The highest BCUT2D eigenvalue weighted by Gasteiger charge is 2.18. The van der Waals surface area contributed by atoms with Gasteiger partial charge in [-0.1, -0.05) is 31.9 Å². The third-order valence-electron chi connectivity index (χ3n) is 6.51. The maximum absolute atomic E-state index is 13.4. The summed E-state index contributed by atoms with van der Waals surface area (Å²) in [6.45, 7) is 4.87. The lowest BCUT2D eigenvalue weighted by atomic mass is 10.1. The van der Waals surface area contributed by atoms with Crippen molar-refractivity contribution in [2.45, 2.75) is 46.1 Å². The highest BCUT2D eigenvalue weighted by atomic mass is 16.5. The van der Waals surface area contributed by atoms with E-state index in [1.807, 2.05) is 31.2 Å².